The summed E-state index contributed by atoms with van der Waals surface area (Å²) in [5.74, 6) is 0.226. The second kappa shape index (κ2) is 5.05. The van der Waals surface area contributed by atoms with Gasteiger partial charge < -0.3 is 4.90 Å². The van der Waals surface area contributed by atoms with Gasteiger partial charge in [0.15, 0.2) is 0 Å². The molecule has 1 amide bonds. The van der Waals surface area contributed by atoms with Gasteiger partial charge in [0.1, 0.15) is 0 Å². The standard InChI is InChI=1S/C11H19NO/c1-3-10(2)11(13)12-8-6-4-5-7-9-12/h3H,4-9H2,1-2H3/b10-3-. The zero-order chi connectivity index (χ0) is 9.68. The zero-order valence-corrected chi connectivity index (χ0v) is 8.68. The maximum Gasteiger partial charge on any atom is 0.249 e. The third-order valence-electron chi connectivity index (χ3n) is 2.66. The van der Waals surface area contributed by atoms with Crippen LogP contribution in [-0.2, 0) is 4.79 Å². The number of nitrogens with zero attached hydrogens (tertiary/aromatic N) is 1. The van der Waals surface area contributed by atoms with Crippen molar-refractivity contribution in [2.45, 2.75) is 39.5 Å². The van der Waals surface area contributed by atoms with Crippen molar-refractivity contribution in [3.05, 3.63) is 11.6 Å². The molecule has 2 nitrogen and oxygen atoms in total. The van der Waals surface area contributed by atoms with Crippen molar-refractivity contribution in [3.63, 3.8) is 0 Å². The van der Waals surface area contributed by atoms with E-state index in [0.29, 0.717) is 0 Å². The van der Waals surface area contributed by atoms with Gasteiger partial charge in [-0.25, -0.2) is 0 Å². The molecule has 13 heavy (non-hydrogen) atoms. The van der Waals surface area contributed by atoms with Crippen molar-refractivity contribution in [1.82, 2.24) is 4.90 Å². The van der Waals surface area contributed by atoms with E-state index in [-0.39, 0.29) is 5.91 Å². The number of likely N-dealkylation sites (tertiary alicyclic amines) is 1. The van der Waals surface area contributed by atoms with Gasteiger partial charge in [-0.1, -0.05) is 18.9 Å². The number of hydrogen-bond acceptors (Lipinski definition) is 1. The van der Waals surface area contributed by atoms with Crippen LogP contribution in [0, 0.1) is 0 Å². The van der Waals surface area contributed by atoms with Crippen molar-refractivity contribution in [2.75, 3.05) is 13.1 Å². The molecular weight excluding hydrogens is 162 g/mol. The molecule has 0 radical (unpaired) electrons. The summed E-state index contributed by atoms with van der Waals surface area (Å²) >= 11 is 0. The summed E-state index contributed by atoms with van der Waals surface area (Å²) in [6.07, 6.45) is 6.79. The molecule has 1 rings (SSSR count). The van der Waals surface area contributed by atoms with Crippen LogP contribution in [0.5, 0.6) is 0 Å². The Balaban J connectivity index is 2.54. The fourth-order valence-corrected chi connectivity index (χ4v) is 1.65. The first-order valence-corrected chi connectivity index (χ1v) is 5.18. The van der Waals surface area contributed by atoms with Crippen LogP contribution >= 0.6 is 0 Å². The van der Waals surface area contributed by atoms with E-state index in [4.69, 9.17) is 0 Å². The fourth-order valence-electron chi connectivity index (χ4n) is 1.65. The number of hydrogen-bond donors (Lipinski definition) is 0. The monoisotopic (exact) mass is 181 g/mol. The molecule has 0 saturated carbocycles. The van der Waals surface area contributed by atoms with Crippen molar-refractivity contribution in [2.24, 2.45) is 0 Å². The lowest BCUT2D eigenvalue weighted by Crippen LogP contribution is -2.32. The number of carbonyl (C=O) groups is 1. The number of amides is 1. The Labute approximate surface area is 80.6 Å². The maximum atomic E-state index is 11.7. The molecule has 0 unspecified atom stereocenters. The van der Waals surface area contributed by atoms with Gasteiger partial charge in [-0.2, -0.15) is 0 Å². The molecule has 74 valence electrons. The lowest BCUT2D eigenvalue weighted by molar-refractivity contribution is -0.127. The van der Waals surface area contributed by atoms with Crippen LogP contribution in [0.1, 0.15) is 39.5 Å². The maximum absolute atomic E-state index is 11.7. The zero-order valence-electron chi connectivity index (χ0n) is 8.68. The molecule has 1 aliphatic rings. The van der Waals surface area contributed by atoms with Crippen molar-refractivity contribution in [1.29, 1.82) is 0 Å². The molecule has 0 spiro atoms. The van der Waals surface area contributed by atoms with E-state index in [1.54, 1.807) is 0 Å². The van der Waals surface area contributed by atoms with Crippen LogP contribution in [0.4, 0.5) is 0 Å². The van der Waals surface area contributed by atoms with Crippen LogP contribution in [0.25, 0.3) is 0 Å². The Morgan fingerprint density at radius 2 is 1.69 bits per heavy atom. The molecule has 2 heteroatoms. The Hall–Kier alpha value is -0.790. The topological polar surface area (TPSA) is 20.3 Å². The smallest absolute Gasteiger partial charge is 0.249 e. The van der Waals surface area contributed by atoms with Gasteiger partial charge in [-0.15, -0.1) is 0 Å². The Kier molecular flexibility index (Phi) is 4.00. The van der Waals surface area contributed by atoms with Gasteiger partial charge in [0.25, 0.3) is 0 Å². The van der Waals surface area contributed by atoms with Crippen LogP contribution in [0.3, 0.4) is 0 Å². The normalized spacial score (nSPS) is 19.8. The molecule has 1 aliphatic heterocycles. The Morgan fingerprint density at radius 3 is 2.15 bits per heavy atom. The van der Waals surface area contributed by atoms with Gasteiger partial charge >= 0.3 is 0 Å². The second-order valence-corrected chi connectivity index (χ2v) is 3.68. The summed E-state index contributed by atoms with van der Waals surface area (Å²) in [6, 6.07) is 0. The second-order valence-electron chi connectivity index (χ2n) is 3.68. The van der Waals surface area contributed by atoms with Gasteiger partial charge in [-0.3, -0.25) is 4.79 Å². The molecule has 0 N–H and O–H groups in total. The molecular formula is C11H19NO. The summed E-state index contributed by atoms with van der Waals surface area (Å²) in [4.78, 5) is 13.7. The minimum Gasteiger partial charge on any atom is -0.339 e. The van der Waals surface area contributed by atoms with E-state index >= 15 is 0 Å². The number of carbonyl (C=O) groups excluding carboxylic acids is 1. The van der Waals surface area contributed by atoms with E-state index in [0.717, 1.165) is 18.7 Å². The Bertz CT molecular complexity index is 200. The quantitative estimate of drug-likeness (QED) is 0.569. The molecule has 0 aliphatic carbocycles. The summed E-state index contributed by atoms with van der Waals surface area (Å²) in [7, 11) is 0. The summed E-state index contributed by atoms with van der Waals surface area (Å²) in [5.41, 5.74) is 0.877. The molecule has 0 aromatic carbocycles. The van der Waals surface area contributed by atoms with E-state index in [9.17, 15) is 4.79 Å². The van der Waals surface area contributed by atoms with Crippen molar-refractivity contribution < 1.29 is 4.79 Å². The van der Waals surface area contributed by atoms with E-state index in [2.05, 4.69) is 0 Å². The minimum atomic E-state index is 0.226. The largest absolute Gasteiger partial charge is 0.339 e. The summed E-state index contributed by atoms with van der Waals surface area (Å²) in [5, 5.41) is 0. The van der Waals surface area contributed by atoms with Crippen molar-refractivity contribution in [3.8, 4) is 0 Å². The van der Waals surface area contributed by atoms with Gasteiger partial charge in [0.2, 0.25) is 5.91 Å². The van der Waals surface area contributed by atoms with E-state index < -0.39 is 0 Å². The predicted molar refractivity (Wildman–Crippen MR) is 54.5 cm³/mol. The number of rotatable bonds is 1. The molecule has 0 atom stereocenters. The predicted octanol–water partition coefficient (Wildman–Crippen LogP) is 2.36. The minimum absolute atomic E-state index is 0.226. The Morgan fingerprint density at radius 1 is 1.15 bits per heavy atom. The van der Waals surface area contributed by atoms with E-state index in [1.807, 2.05) is 24.8 Å². The van der Waals surface area contributed by atoms with Crippen LogP contribution in [0.2, 0.25) is 0 Å². The first-order chi connectivity index (χ1) is 6.25. The molecule has 1 heterocycles. The summed E-state index contributed by atoms with van der Waals surface area (Å²) < 4.78 is 0. The highest BCUT2D eigenvalue weighted by Crippen LogP contribution is 2.12. The highest BCUT2D eigenvalue weighted by atomic mass is 16.2. The fraction of sp³-hybridized carbons (Fsp3) is 0.727. The molecule has 1 saturated heterocycles. The third-order valence-corrected chi connectivity index (χ3v) is 2.66. The van der Waals surface area contributed by atoms with Gasteiger partial charge in [0.05, 0.1) is 0 Å². The SMILES string of the molecule is C/C=C(/C)C(=O)N1CCCCCC1. The average molecular weight is 181 g/mol. The highest BCUT2D eigenvalue weighted by Gasteiger charge is 2.15. The summed E-state index contributed by atoms with van der Waals surface area (Å²) in [6.45, 7) is 5.71. The average Bonchev–Trinajstić information content (AvgIpc) is 2.43. The van der Waals surface area contributed by atoms with Gasteiger partial charge in [0, 0.05) is 18.7 Å². The highest BCUT2D eigenvalue weighted by molar-refractivity contribution is 5.92. The lowest BCUT2D eigenvalue weighted by atomic mass is 10.2. The lowest BCUT2D eigenvalue weighted by Gasteiger charge is -2.20. The molecule has 0 aromatic heterocycles. The van der Waals surface area contributed by atoms with Crippen molar-refractivity contribution >= 4 is 5.91 Å². The first-order valence-electron chi connectivity index (χ1n) is 5.18. The molecule has 0 aromatic rings. The molecule has 0 bridgehead atoms. The molecule has 1 fully saturated rings. The third kappa shape index (κ3) is 2.87. The number of allylic oxidation sites excluding steroid dienone is 1. The van der Waals surface area contributed by atoms with Crippen LogP contribution < -0.4 is 0 Å². The van der Waals surface area contributed by atoms with Crippen LogP contribution in [0.15, 0.2) is 11.6 Å². The van der Waals surface area contributed by atoms with E-state index in [1.165, 1.54) is 25.7 Å². The van der Waals surface area contributed by atoms with Crippen LogP contribution in [-0.4, -0.2) is 23.9 Å². The first kappa shape index (κ1) is 10.3. The van der Waals surface area contributed by atoms with Gasteiger partial charge in [-0.05, 0) is 26.7 Å².